The lowest BCUT2D eigenvalue weighted by atomic mass is 10.1. The fourth-order valence-corrected chi connectivity index (χ4v) is 4.89. The van der Waals surface area contributed by atoms with Gasteiger partial charge in [-0.25, -0.2) is 4.79 Å². The quantitative estimate of drug-likeness (QED) is 0.450. The Hall–Kier alpha value is -1.91. The summed E-state index contributed by atoms with van der Waals surface area (Å²) in [5.74, 6) is 0. The van der Waals surface area contributed by atoms with Crippen LogP contribution in [0.3, 0.4) is 0 Å². The third-order valence-corrected chi connectivity index (χ3v) is 7.25. The van der Waals surface area contributed by atoms with Crippen LogP contribution in [0.4, 0.5) is 4.79 Å². The van der Waals surface area contributed by atoms with E-state index in [1.165, 1.54) is 12.5 Å². The van der Waals surface area contributed by atoms with E-state index < -0.39 is 11.0 Å². The highest BCUT2D eigenvalue weighted by Gasteiger charge is 2.49. The van der Waals surface area contributed by atoms with Crippen molar-refractivity contribution in [2.75, 3.05) is 52.4 Å². The van der Waals surface area contributed by atoms with Crippen LogP contribution in [-0.4, -0.2) is 89.1 Å². The van der Waals surface area contributed by atoms with Gasteiger partial charge < -0.3 is 10.1 Å². The number of hydrogen-bond acceptors (Lipinski definition) is 8. The summed E-state index contributed by atoms with van der Waals surface area (Å²) in [6, 6.07) is 15.5. The summed E-state index contributed by atoms with van der Waals surface area (Å²) in [7, 11) is 0. The van der Waals surface area contributed by atoms with Crippen molar-refractivity contribution in [3.05, 3.63) is 35.9 Å². The highest BCUT2D eigenvalue weighted by Crippen LogP contribution is 2.41. The van der Waals surface area contributed by atoms with E-state index in [1.807, 2.05) is 0 Å². The summed E-state index contributed by atoms with van der Waals surface area (Å²) in [5, 5.41) is 21.4. The average Bonchev–Trinajstić information content (AvgIpc) is 3.81. The first-order chi connectivity index (χ1) is 17.3. The average molecular weight is 536 g/mol. The fraction of sp³-hybridized carbons (Fsp3) is 0.654. The Balaban J connectivity index is 0.000000171. The SMILES string of the molecule is CC(Cl)OC(=O)Cl.N#CC1(N2CCN(Cc3ccccc3)CC2)CC1.N#CC1(N2CCNCC2)CC1. The molecular weight excluding hydrogens is 499 g/mol. The van der Waals surface area contributed by atoms with E-state index in [0.717, 1.165) is 84.6 Å². The van der Waals surface area contributed by atoms with Crippen molar-refractivity contribution in [2.24, 2.45) is 0 Å². The summed E-state index contributed by atoms with van der Waals surface area (Å²) in [6.07, 6.45) is 4.32. The van der Waals surface area contributed by atoms with E-state index in [-0.39, 0.29) is 11.1 Å². The fourth-order valence-electron chi connectivity index (χ4n) is 4.63. The number of nitrogens with one attached hydrogen (secondary N) is 1. The number of hydrogen-bond donors (Lipinski definition) is 1. The summed E-state index contributed by atoms with van der Waals surface area (Å²) in [5.41, 5.74) is -0.249. The van der Waals surface area contributed by atoms with E-state index in [4.69, 9.17) is 28.5 Å². The molecule has 196 valence electrons. The Labute approximate surface area is 224 Å². The van der Waals surface area contributed by atoms with Gasteiger partial charge in [-0.05, 0) is 38.2 Å². The molecule has 4 aliphatic rings. The molecule has 2 saturated heterocycles. The predicted molar refractivity (Wildman–Crippen MR) is 141 cm³/mol. The molecule has 1 N–H and O–H groups in total. The van der Waals surface area contributed by atoms with Gasteiger partial charge in [-0.2, -0.15) is 10.5 Å². The molecule has 8 nitrogen and oxygen atoms in total. The van der Waals surface area contributed by atoms with Gasteiger partial charge in [0.2, 0.25) is 0 Å². The van der Waals surface area contributed by atoms with Crippen LogP contribution >= 0.6 is 23.2 Å². The summed E-state index contributed by atoms with van der Waals surface area (Å²) >= 11 is 9.87. The van der Waals surface area contributed by atoms with Crippen LogP contribution < -0.4 is 5.32 Å². The molecule has 5 rings (SSSR count). The monoisotopic (exact) mass is 534 g/mol. The zero-order valence-electron chi connectivity index (χ0n) is 21.0. The van der Waals surface area contributed by atoms with Crippen molar-refractivity contribution >= 4 is 28.6 Å². The smallest absolute Gasteiger partial charge is 0.405 e. The summed E-state index contributed by atoms with van der Waals surface area (Å²) in [6.45, 7) is 11.0. The number of carbonyl (C=O) groups excluding carboxylic acids is 1. The highest BCUT2D eigenvalue weighted by atomic mass is 35.5. The number of nitrogens with zero attached hydrogens (tertiary/aromatic N) is 5. The molecule has 0 amide bonds. The van der Waals surface area contributed by atoms with Gasteiger partial charge in [0.15, 0.2) is 5.56 Å². The number of piperazine rings is 2. The third-order valence-electron chi connectivity index (χ3n) is 7.07. The molecule has 0 bridgehead atoms. The van der Waals surface area contributed by atoms with Crippen molar-refractivity contribution in [2.45, 2.75) is 55.8 Å². The Kier molecular flexibility index (Phi) is 10.8. The number of benzene rings is 1. The summed E-state index contributed by atoms with van der Waals surface area (Å²) in [4.78, 5) is 16.9. The van der Waals surface area contributed by atoms with Gasteiger partial charge in [-0.15, -0.1) is 0 Å². The van der Waals surface area contributed by atoms with Gasteiger partial charge in [-0.1, -0.05) is 41.9 Å². The number of ether oxygens (including phenoxy) is 1. The minimum Gasteiger partial charge on any atom is -0.434 e. The Morgan fingerprint density at radius 3 is 1.86 bits per heavy atom. The zero-order valence-corrected chi connectivity index (χ0v) is 22.5. The van der Waals surface area contributed by atoms with E-state index in [0.29, 0.717) is 0 Å². The maximum Gasteiger partial charge on any atom is 0.405 e. The Morgan fingerprint density at radius 1 is 0.972 bits per heavy atom. The van der Waals surface area contributed by atoms with Gasteiger partial charge in [0, 0.05) is 70.5 Å². The van der Waals surface area contributed by atoms with Crippen molar-refractivity contribution < 1.29 is 9.53 Å². The van der Waals surface area contributed by atoms with E-state index in [2.05, 4.69) is 67.2 Å². The van der Waals surface area contributed by atoms with Crippen LogP contribution in [0, 0.1) is 22.7 Å². The largest absolute Gasteiger partial charge is 0.434 e. The first-order valence-electron chi connectivity index (χ1n) is 12.6. The number of halogens is 2. The molecule has 4 fully saturated rings. The van der Waals surface area contributed by atoms with Crippen molar-refractivity contribution in [3.63, 3.8) is 0 Å². The molecule has 10 heteroatoms. The van der Waals surface area contributed by atoms with Crippen LogP contribution in [0.1, 0.15) is 38.2 Å². The van der Waals surface area contributed by atoms with Gasteiger partial charge in [0.1, 0.15) is 11.1 Å². The normalized spacial score (nSPS) is 23.2. The van der Waals surface area contributed by atoms with E-state index in [9.17, 15) is 10.1 Å². The predicted octanol–water partition coefficient (Wildman–Crippen LogP) is 3.75. The first kappa shape index (κ1) is 28.7. The van der Waals surface area contributed by atoms with Crippen LogP contribution in [0.2, 0.25) is 0 Å². The van der Waals surface area contributed by atoms with Crippen LogP contribution in [0.15, 0.2) is 30.3 Å². The maximum absolute atomic E-state index is 9.71. The topological polar surface area (TPSA) is 95.6 Å². The first-order valence-corrected chi connectivity index (χ1v) is 13.4. The van der Waals surface area contributed by atoms with E-state index >= 15 is 0 Å². The third kappa shape index (κ3) is 8.59. The van der Waals surface area contributed by atoms with Crippen LogP contribution in [-0.2, 0) is 11.3 Å². The van der Waals surface area contributed by atoms with Crippen LogP contribution in [0.25, 0.3) is 0 Å². The van der Waals surface area contributed by atoms with Crippen molar-refractivity contribution in [3.8, 4) is 12.1 Å². The summed E-state index contributed by atoms with van der Waals surface area (Å²) < 4.78 is 4.14. The lowest BCUT2D eigenvalue weighted by molar-refractivity contribution is 0.101. The number of nitriles is 2. The maximum atomic E-state index is 9.71. The number of carbonyl (C=O) groups is 1. The second-order valence-electron chi connectivity index (χ2n) is 9.67. The van der Waals surface area contributed by atoms with Gasteiger partial charge in [-0.3, -0.25) is 14.7 Å². The molecule has 0 radical (unpaired) electrons. The minimum absolute atomic E-state index is 0.0396. The van der Waals surface area contributed by atoms with Crippen LogP contribution in [0.5, 0.6) is 0 Å². The van der Waals surface area contributed by atoms with E-state index in [1.54, 1.807) is 0 Å². The minimum atomic E-state index is -0.873. The van der Waals surface area contributed by atoms with Crippen molar-refractivity contribution in [1.29, 1.82) is 10.5 Å². The molecule has 2 aliphatic carbocycles. The molecule has 1 atom stereocenters. The molecule has 2 aliphatic heterocycles. The molecular formula is C26H36Cl2N6O2. The molecule has 36 heavy (non-hydrogen) atoms. The standard InChI is InChI=1S/C15H19N3.C8H13N3.C3H4Cl2O2/c16-13-15(6-7-15)18-10-8-17(9-11-18)12-14-4-2-1-3-5-14;9-7-8(1-2-8)11-5-3-10-4-6-11;1-2(4)7-3(5)6/h1-5H,6-12H2;10H,1-6H2;2H,1H3. The molecule has 1 unspecified atom stereocenters. The number of alkyl halides is 1. The van der Waals surface area contributed by atoms with Gasteiger partial charge in [0.25, 0.3) is 0 Å². The lowest BCUT2D eigenvalue weighted by Crippen LogP contribution is -2.50. The molecule has 1 aromatic rings. The second kappa shape index (κ2) is 13.6. The molecule has 0 aromatic heterocycles. The molecule has 2 heterocycles. The Morgan fingerprint density at radius 2 is 1.47 bits per heavy atom. The Bertz CT molecular complexity index is 911. The second-order valence-corrected chi connectivity index (χ2v) is 10.6. The van der Waals surface area contributed by atoms with Crippen molar-refractivity contribution in [1.82, 2.24) is 20.0 Å². The number of rotatable bonds is 5. The zero-order chi connectivity index (χ0) is 26.0. The van der Waals surface area contributed by atoms with Gasteiger partial charge in [0.05, 0.1) is 12.1 Å². The molecule has 2 saturated carbocycles. The lowest BCUT2D eigenvalue weighted by Gasteiger charge is -2.37. The van der Waals surface area contributed by atoms with Gasteiger partial charge >= 0.3 is 5.43 Å². The molecule has 0 spiro atoms. The molecule has 1 aromatic carbocycles. The highest BCUT2D eigenvalue weighted by molar-refractivity contribution is 6.61.